The van der Waals surface area contributed by atoms with Gasteiger partial charge in [0.2, 0.25) is 5.91 Å². The highest BCUT2D eigenvalue weighted by molar-refractivity contribution is 9.10. The molecular weight excluding hydrogens is 330 g/mol. The zero-order chi connectivity index (χ0) is 15.1. The third kappa shape index (κ3) is 4.86. The average Bonchev–Trinajstić information content (AvgIpc) is 2.49. The molecule has 5 heteroatoms. The maximum absolute atomic E-state index is 12.0. The normalized spacial score (nSPS) is 10.2. The molecule has 0 spiro atoms. The molecule has 2 rings (SSSR count). The first kappa shape index (κ1) is 15.5. The highest BCUT2D eigenvalue weighted by Crippen LogP contribution is 2.17. The van der Waals surface area contributed by atoms with Crippen LogP contribution in [0.4, 0.5) is 11.5 Å². The van der Waals surface area contributed by atoms with E-state index >= 15 is 0 Å². The van der Waals surface area contributed by atoms with Gasteiger partial charge in [-0.2, -0.15) is 0 Å². The van der Waals surface area contributed by atoms with E-state index in [1.807, 2.05) is 30.3 Å². The fourth-order valence-electron chi connectivity index (χ4n) is 1.84. The second-order valence-electron chi connectivity index (χ2n) is 4.68. The van der Waals surface area contributed by atoms with E-state index in [4.69, 9.17) is 0 Å². The lowest BCUT2D eigenvalue weighted by Crippen LogP contribution is -2.15. The van der Waals surface area contributed by atoms with Crippen molar-refractivity contribution in [3.8, 4) is 0 Å². The number of benzene rings is 1. The first-order chi connectivity index (χ1) is 10.2. The molecule has 0 saturated carbocycles. The number of pyridine rings is 1. The van der Waals surface area contributed by atoms with Crippen molar-refractivity contribution >= 4 is 33.3 Å². The van der Waals surface area contributed by atoms with Crippen LogP contribution in [0.1, 0.15) is 18.9 Å². The van der Waals surface area contributed by atoms with E-state index < -0.39 is 0 Å². The van der Waals surface area contributed by atoms with Crippen molar-refractivity contribution in [2.24, 2.45) is 0 Å². The number of anilines is 2. The van der Waals surface area contributed by atoms with Gasteiger partial charge in [0.1, 0.15) is 5.82 Å². The summed E-state index contributed by atoms with van der Waals surface area (Å²) in [6.45, 7) is 3.02. The second kappa shape index (κ2) is 7.78. The number of hydrogen-bond donors (Lipinski definition) is 2. The van der Waals surface area contributed by atoms with Crippen LogP contribution >= 0.6 is 15.9 Å². The van der Waals surface area contributed by atoms with Gasteiger partial charge in [0.25, 0.3) is 0 Å². The predicted octanol–water partition coefficient (Wildman–Crippen LogP) is 3.85. The molecule has 0 aliphatic carbocycles. The van der Waals surface area contributed by atoms with Gasteiger partial charge in [0.05, 0.1) is 18.3 Å². The Labute approximate surface area is 133 Å². The molecule has 4 nitrogen and oxygen atoms in total. The molecule has 0 bridgehead atoms. The lowest BCUT2D eigenvalue weighted by molar-refractivity contribution is -0.115. The molecule has 0 saturated heterocycles. The quantitative estimate of drug-likeness (QED) is 0.834. The first-order valence-electron chi connectivity index (χ1n) is 6.92. The van der Waals surface area contributed by atoms with Crippen molar-refractivity contribution in [2.75, 3.05) is 17.2 Å². The van der Waals surface area contributed by atoms with E-state index in [0.717, 1.165) is 28.7 Å². The summed E-state index contributed by atoms with van der Waals surface area (Å²) in [5, 5.41) is 6.04. The van der Waals surface area contributed by atoms with Gasteiger partial charge in [-0.3, -0.25) is 4.79 Å². The lowest BCUT2D eigenvalue weighted by atomic mass is 10.1. The van der Waals surface area contributed by atoms with Gasteiger partial charge in [-0.05, 0) is 30.2 Å². The summed E-state index contributed by atoms with van der Waals surface area (Å²) >= 11 is 3.44. The molecule has 0 radical (unpaired) electrons. The standard InChI is InChI=1S/C16H18BrN3O/c1-2-9-18-13-7-8-15(19-11-13)20-16(21)10-12-5-3-4-6-14(12)17/h3-8,11,18H,2,9-10H2,1H3,(H,19,20,21). The Bertz CT molecular complexity index is 599. The van der Waals surface area contributed by atoms with Crippen molar-refractivity contribution in [1.29, 1.82) is 0 Å². The van der Waals surface area contributed by atoms with Crippen LogP contribution in [0.3, 0.4) is 0 Å². The number of nitrogens with one attached hydrogen (secondary N) is 2. The zero-order valence-corrected chi connectivity index (χ0v) is 13.5. The van der Waals surface area contributed by atoms with Crippen molar-refractivity contribution in [2.45, 2.75) is 19.8 Å². The maximum atomic E-state index is 12.0. The highest BCUT2D eigenvalue weighted by atomic mass is 79.9. The molecule has 0 aliphatic rings. The summed E-state index contributed by atoms with van der Waals surface area (Å²) in [6.07, 6.45) is 3.10. The Morgan fingerprint density at radius 2 is 2.05 bits per heavy atom. The van der Waals surface area contributed by atoms with Crippen LogP contribution in [0.5, 0.6) is 0 Å². The molecule has 1 aromatic carbocycles. The molecule has 1 aromatic heterocycles. The molecule has 2 aromatic rings. The van der Waals surface area contributed by atoms with E-state index in [1.165, 1.54) is 0 Å². The number of nitrogens with zero attached hydrogens (tertiary/aromatic N) is 1. The predicted molar refractivity (Wildman–Crippen MR) is 89.5 cm³/mol. The summed E-state index contributed by atoms with van der Waals surface area (Å²) in [5.74, 6) is 0.484. The molecule has 110 valence electrons. The fourth-order valence-corrected chi connectivity index (χ4v) is 2.27. The Hall–Kier alpha value is -1.88. The minimum atomic E-state index is -0.0799. The SMILES string of the molecule is CCCNc1ccc(NC(=O)Cc2ccccc2Br)nc1. The molecular formula is C16H18BrN3O. The fraction of sp³-hybridized carbons (Fsp3) is 0.250. The first-order valence-corrected chi connectivity index (χ1v) is 7.71. The molecule has 0 fully saturated rings. The summed E-state index contributed by atoms with van der Waals surface area (Å²) < 4.78 is 0.937. The molecule has 21 heavy (non-hydrogen) atoms. The molecule has 0 aliphatic heterocycles. The number of carbonyl (C=O) groups excluding carboxylic acids is 1. The van der Waals surface area contributed by atoms with Crippen molar-refractivity contribution in [3.63, 3.8) is 0 Å². The number of amides is 1. The van der Waals surface area contributed by atoms with Crippen LogP contribution < -0.4 is 10.6 Å². The van der Waals surface area contributed by atoms with Crippen LogP contribution in [-0.2, 0) is 11.2 Å². The highest BCUT2D eigenvalue weighted by Gasteiger charge is 2.07. The molecule has 0 atom stereocenters. The molecule has 0 unspecified atom stereocenters. The van der Waals surface area contributed by atoms with Gasteiger partial charge in [-0.1, -0.05) is 41.1 Å². The minimum absolute atomic E-state index is 0.0799. The van der Waals surface area contributed by atoms with Gasteiger partial charge >= 0.3 is 0 Å². The van der Waals surface area contributed by atoms with Crippen LogP contribution in [0.25, 0.3) is 0 Å². The van der Waals surface area contributed by atoms with E-state index in [-0.39, 0.29) is 5.91 Å². The zero-order valence-electron chi connectivity index (χ0n) is 11.9. The number of halogens is 1. The summed E-state index contributed by atoms with van der Waals surface area (Å²) in [5.41, 5.74) is 1.91. The van der Waals surface area contributed by atoms with Crippen molar-refractivity contribution < 1.29 is 4.79 Å². The average molecular weight is 348 g/mol. The summed E-state index contributed by atoms with van der Waals surface area (Å²) in [4.78, 5) is 16.2. The minimum Gasteiger partial charge on any atom is -0.384 e. The Morgan fingerprint density at radius 1 is 1.24 bits per heavy atom. The largest absolute Gasteiger partial charge is 0.384 e. The van der Waals surface area contributed by atoms with Crippen LogP contribution in [0, 0.1) is 0 Å². The number of aromatic nitrogens is 1. The summed E-state index contributed by atoms with van der Waals surface area (Å²) in [7, 11) is 0. The van der Waals surface area contributed by atoms with Gasteiger partial charge in [0.15, 0.2) is 0 Å². The number of rotatable bonds is 6. The van der Waals surface area contributed by atoms with Gasteiger partial charge in [-0.25, -0.2) is 4.98 Å². The second-order valence-corrected chi connectivity index (χ2v) is 5.53. The monoisotopic (exact) mass is 347 g/mol. The Morgan fingerprint density at radius 3 is 2.71 bits per heavy atom. The number of carbonyl (C=O) groups is 1. The van der Waals surface area contributed by atoms with Gasteiger partial charge in [-0.15, -0.1) is 0 Å². The van der Waals surface area contributed by atoms with E-state index in [9.17, 15) is 4.79 Å². The van der Waals surface area contributed by atoms with Crippen molar-refractivity contribution in [1.82, 2.24) is 4.98 Å². The Kier molecular flexibility index (Phi) is 5.75. The van der Waals surface area contributed by atoms with Crippen molar-refractivity contribution in [3.05, 3.63) is 52.6 Å². The van der Waals surface area contributed by atoms with E-state index in [1.54, 1.807) is 12.3 Å². The van der Waals surface area contributed by atoms with Crippen LogP contribution in [0.15, 0.2) is 47.1 Å². The smallest absolute Gasteiger partial charge is 0.229 e. The molecule has 1 amide bonds. The van der Waals surface area contributed by atoms with Gasteiger partial charge < -0.3 is 10.6 Å². The third-order valence-electron chi connectivity index (χ3n) is 2.92. The number of hydrogen-bond acceptors (Lipinski definition) is 3. The Balaban J connectivity index is 1.92. The molecule has 1 heterocycles. The molecule has 2 N–H and O–H groups in total. The third-order valence-corrected chi connectivity index (χ3v) is 3.69. The van der Waals surface area contributed by atoms with E-state index in [2.05, 4.69) is 38.5 Å². The van der Waals surface area contributed by atoms with E-state index in [0.29, 0.717) is 12.2 Å². The lowest BCUT2D eigenvalue weighted by Gasteiger charge is -2.08. The van der Waals surface area contributed by atoms with Crippen LogP contribution in [-0.4, -0.2) is 17.4 Å². The summed E-state index contributed by atoms with van der Waals surface area (Å²) in [6, 6.07) is 11.4. The van der Waals surface area contributed by atoms with Gasteiger partial charge in [0, 0.05) is 11.0 Å². The van der Waals surface area contributed by atoms with Crippen LogP contribution in [0.2, 0.25) is 0 Å². The maximum Gasteiger partial charge on any atom is 0.229 e. The topological polar surface area (TPSA) is 54.0 Å².